The van der Waals surface area contributed by atoms with Crippen molar-refractivity contribution < 1.29 is 38.7 Å². The highest BCUT2D eigenvalue weighted by Crippen LogP contribution is 2.46. The Morgan fingerprint density at radius 3 is 2.42 bits per heavy atom. The summed E-state index contributed by atoms with van der Waals surface area (Å²) in [6.07, 6.45) is 2.27. The fourth-order valence-electron chi connectivity index (χ4n) is 6.49. The minimum absolute atomic E-state index is 0.00423. The van der Waals surface area contributed by atoms with Crippen molar-refractivity contribution in [2.24, 2.45) is 0 Å². The Morgan fingerprint density at radius 1 is 0.920 bits per heavy atom. The Balaban J connectivity index is 1.05. The number of phenolic OH excluding ortho intramolecular Hbond substituents is 1. The van der Waals surface area contributed by atoms with Crippen molar-refractivity contribution in [3.8, 4) is 11.5 Å². The van der Waals surface area contributed by atoms with Crippen LogP contribution in [-0.2, 0) is 25.4 Å². The summed E-state index contributed by atoms with van der Waals surface area (Å²) in [6, 6.07) is 20.2. The van der Waals surface area contributed by atoms with Crippen LogP contribution in [0, 0.1) is 6.92 Å². The number of carbonyl (C=O) groups excluding carboxylic acids is 2. The van der Waals surface area contributed by atoms with Crippen LogP contribution in [-0.4, -0.2) is 87.3 Å². The van der Waals surface area contributed by atoms with E-state index in [4.69, 9.17) is 35.7 Å². The molecule has 0 fully saturated rings. The van der Waals surface area contributed by atoms with Gasteiger partial charge in [0, 0.05) is 59.1 Å². The third kappa shape index (κ3) is 7.96. The first-order valence-electron chi connectivity index (χ1n) is 16.7. The Morgan fingerprint density at radius 2 is 1.66 bits per heavy atom. The fraction of sp³-hybridized carbons (Fsp3) is 0.333. The Hall–Kier alpha value is -4.45. The number of aliphatic hydroxyl groups is 1. The number of anilines is 2. The lowest BCUT2D eigenvalue weighted by Crippen LogP contribution is -2.30. The molecule has 10 nitrogen and oxygen atoms in total. The van der Waals surface area contributed by atoms with E-state index in [0.717, 1.165) is 33.0 Å². The minimum atomic E-state index is -0.229. The van der Waals surface area contributed by atoms with Crippen molar-refractivity contribution in [3.05, 3.63) is 100 Å². The number of halogens is 1. The quantitative estimate of drug-likeness (QED) is 0.0984. The monoisotopic (exact) mass is 700 g/mol. The van der Waals surface area contributed by atoms with Gasteiger partial charge in [0.1, 0.15) is 18.1 Å². The van der Waals surface area contributed by atoms with Crippen LogP contribution in [0.15, 0.2) is 72.3 Å². The average Bonchev–Trinajstić information content (AvgIpc) is 3.72. The van der Waals surface area contributed by atoms with Crippen LogP contribution in [0.5, 0.6) is 11.5 Å². The smallest absolute Gasteiger partial charge is 0.258 e. The number of ether oxygens (including phenoxy) is 4. The van der Waals surface area contributed by atoms with Crippen molar-refractivity contribution in [1.29, 1.82) is 0 Å². The summed E-state index contributed by atoms with van der Waals surface area (Å²) in [5, 5.41) is 24.2. The molecule has 0 bridgehead atoms. The molecule has 0 spiro atoms. The van der Waals surface area contributed by atoms with Gasteiger partial charge in [-0.25, -0.2) is 0 Å². The molecule has 6 rings (SSSR count). The molecule has 0 saturated heterocycles. The van der Waals surface area contributed by atoms with Crippen LogP contribution in [0.4, 0.5) is 11.4 Å². The van der Waals surface area contributed by atoms with E-state index in [1.54, 1.807) is 29.2 Å². The number of fused-ring (bicyclic) bond motifs is 4. The predicted octanol–water partition coefficient (Wildman–Crippen LogP) is 5.84. The van der Waals surface area contributed by atoms with Crippen molar-refractivity contribution in [2.75, 3.05) is 75.5 Å². The molecule has 3 N–H and O–H groups in total. The van der Waals surface area contributed by atoms with Crippen LogP contribution in [0.1, 0.15) is 38.5 Å². The first kappa shape index (κ1) is 35.4. The van der Waals surface area contributed by atoms with E-state index >= 15 is 0 Å². The molecule has 2 aliphatic rings. The second-order valence-corrected chi connectivity index (χ2v) is 12.6. The third-order valence-electron chi connectivity index (χ3n) is 8.86. The molecular weight excluding hydrogens is 660 g/mol. The van der Waals surface area contributed by atoms with Crippen molar-refractivity contribution >= 4 is 51.6 Å². The lowest BCUT2D eigenvalue weighted by Gasteiger charge is -2.19. The number of rotatable bonds is 16. The number of phenols is 1. The molecule has 2 amide bonds. The maximum Gasteiger partial charge on any atom is 0.258 e. The summed E-state index contributed by atoms with van der Waals surface area (Å²) in [6.45, 7) is 5.17. The van der Waals surface area contributed by atoms with Gasteiger partial charge < -0.3 is 39.4 Å². The largest absolute Gasteiger partial charge is 0.507 e. The lowest BCUT2D eigenvalue weighted by molar-refractivity contribution is -0.112. The first-order valence-corrected chi connectivity index (χ1v) is 17.3. The van der Waals surface area contributed by atoms with Crippen LogP contribution in [0.3, 0.4) is 0 Å². The zero-order valence-electron chi connectivity index (χ0n) is 28.0. The second kappa shape index (κ2) is 16.5. The number of nitrogens with zero attached hydrogens (tertiary/aromatic N) is 1. The van der Waals surface area contributed by atoms with Crippen molar-refractivity contribution in [3.63, 3.8) is 0 Å². The fourth-order valence-corrected chi connectivity index (χ4v) is 6.74. The molecule has 262 valence electrons. The van der Waals surface area contributed by atoms with E-state index in [-0.39, 0.29) is 30.1 Å². The highest BCUT2D eigenvalue weighted by Gasteiger charge is 2.35. The van der Waals surface area contributed by atoms with E-state index in [0.29, 0.717) is 93.4 Å². The third-order valence-corrected chi connectivity index (χ3v) is 9.24. The summed E-state index contributed by atoms with van der Waals surface area (Å²) >= 11 is 6.43. The van der Waals surface area contributed by atoms with E-state index in [1.165, 1.54) is 0 Å². The minimum Gasteiger partial charge on any atom is -0.507 e. The molecule has 50 heavy (non-hydrogen) atoms. The van der Waals surface area contributed by atoms with Gasteiger partial charge in [-0.2, -0.15) is 0 Å². The Bertz CT molecular complexity index is 1890. The molecule has 11 heteroatoms. The van der Waals surface area contributed by atoms with Gasteiger partial charge in [-0.3, -0.25) is 9.59 Å². The molecule has 4 aromatic carbocycles. The number of aromatic hydroxyl groups is 1. The summed E-state index contributed by atoms with van der Waals surface area (Å²) in [5.74, 6) is 0.600. The number of aliphatic hydroxyl groups excluding tert-OH is 1. The standard InChI is InChI=1S/C39H41ClN2O8/c1-25-4-2-7-33-35(44)22-34-37(36(25)33)30(23-40)24-42(34)39(46)27-9-8-26-18-29(20-28(26)19-27)38(45)41-31-5-3-6-32(21-31)50-17-16-49-15-14-48-13-12-47-11-10-43/h2-9,19-22,30,43-44H,10-18,23-24H2,1H3,(H,41,45)/t30-/m1/s1. The summed E-state index contributed by atoms with van der Waals surface area (Å²) in [5.41, 5.74) is 6.16. The average molecular weight is 701 g/mol. The van der Waals surface area contributed by atoms with Gasteiger partial charge in [0.25, 0.3) is 11.8 Å². The Labute approximate surface area is 296 Å². The van der Waals surface area contributed by atoms with Gasteiger partial charge >= 0.3 is 0 Å². The maximum atomic E-state index is 14.0. The van der Waals surface area contributed by atoms with E-state index in [1.807, 2.05) is 55.5 Å². The SMILES string of the molecule is Cc1cccc2c(O)cc3c(c12)[C@H](CCl)CN3C(=O)c1ccc2c(c1)C=C(C(=O)Nc1cccc(OCCOCCOCCOCCO)c1)C2. The molecule has 4 aromatic rings. The molecule has 1 aliphatic heterocycles. The highest BCUT2D eigenvalue weighted by atomic mass is 35.5. The number of hydrogen-bond acceptors (Lipinski definition) is 8. The Kier molecular flexibility index (Phi) is 11.7. The maximum absolute atomic E-state index is 14.0. The van der Waals surface area contributed by atoms with Crippen LogP contribution in [0.25, 0.3) is 16.8 Å². The number of alkyl halides is 1. The normalized spacial score (nSPS) is 14.8. The molecule has 0 radical (unpaired) electrons. The van der Waals surface area contributed by atoms with Gasteiger partial charge in [0.2, 0.25) is 0 Å². The van der Waals surface area contributed by atoms with Crippen molar-refractivity contribution in [2.45, 2.75) is 19.3 Å². The number of amides is 2. The number of hydrogen-bond donors (Lipinski definition) is 3. The molecular formula is C39H41ClN2O8. The second-order valence-electron chi connectivity index (χ2n) is 12.2. The topological polar surface area (TPSA) is 127 Å². The number of aryl methyl sites for hydroxylation is 1. The van der Waals surface area contributed by atoms with Gasteiger partial charge in [-0.05, 0) is 64.9 Å². The zero-order valence-corrected chi connectivity index (χ0v) is 28.7. The number of nitrogens with one attached hydrogen (secondary N) is 1. The molecule has 0 aromatic heterocycles. The van der Waals surface area contributed by atoms with E-state index in [2.05, 4.69) is 5.32 Å². The lowest BCUT2D eigenvalue weighted by atomic mass is 9.92. The highest BCUT2D eigenvalue weighted by molar-refractivity contribution is 6.19. The van der Waals surface area contributed by atoms with Crippen molar-refractivity contribution in [1.82, 2.24) is 0 Å². The summed E-state index contributed by atoms with van der Waals surface area (Å²) in [7, 11) is 0. The van der Waals surface area contributed by atoms with E-state index in [9.17, 15) is 14.7 Å². The zero-order chi connectivity index (χ0) is 35.0. The molecule has 0 unspecified atom stereocenters. The van der Waals surface area contributed by atoms with Crippen LogP contribution >= 0.6 is 11.6 Å². The van der Waals surface area contributed by atoms with Gasteiger partial charge in [0.05, 0.1) is 51.9 Å². The summed E-state index contributed by atoms with van der Waals surface area (Å²) < 4.78 is 21.8. The summed E-state index contributed by atoms with van der Waals surface area (Å²) in [4.78, 5) is 28.9. The van der Waals surface area contributed by atoms with Crippen LogP contribution in [0.2, 0.25) is 0 Å². The van der Waals surface area contributed by atoms with Gasteiger partial charge in [0.15, 0.2) is 0 Å². The van der Waals surface area contributed by atoms with Gasteiger partial charge in [-0.15, -0.1) is 11.6 Å². The number of benzene rings is 4. The van der Waals surface area contributed by atoms with Crippen LogP contribution < -0.4 is 15.0 Å². The first-order chi connectivity index (χ1) is 24.4. The van der Waals surface area contributed by atoms with E-state index < -0.39 is 0 Å². The molecule has 1 heterocycles. The van der Waals surface area contributed by atoms with Gasteiger partial charge in [-0.1, -0.05) is 30.3 Å². The molecule has 0 saturated carbocycles. The predicted molar refractivity (Wildman–Crippen MR) is 194 cm³/mol. The molecule has 1 atom stereocenters. The molecule has 1 aliphatic carbocycles. The number of carbonyl (C=O) groups is 2.